The molecule has 4 amide bonds. The molecule has 11 heteroatoms. The lowest BCUT2D eigenvalue weighted by molar-refractivity contribution is -0.125. The predicted octanol–water partition coefficient (Wildman–Crippen LogP) is 1.92. The Hall–Kier alpha value is -4.67. The van der Waals surface area contributed by atoms with Gasteiger partial charge in [0.1, 0.15) is 23.4 Å². The molecule has 2 aliphatic heterocycles. The lowest BCUT2D eigenvalue weighted by Gasteiger charge is -2.29. The molecule has 0 bridgehead atoms. The molecule has 170 valence electrons. The number of fused-ring (bicyclic) bond motifs is 2. The van der Waals surface area contributed by atoms with E-state index in [9.17, 15) is 14.4 Å². The fourth-order valence-electron chi connectivity index (χ4n) is 4.48. The van der Waals surface area contributed by atoms with Gasteiger partial charge < -0.3 is 19.4 Å². The van der Waals surface area contributed by atoms with Gasteiger partial charge in [-0.25, -0.2) is 9.78 Å². The highest BCUT2D eigenvalue weighted by Crippen LogP contribution is 2.35. The van der Waals surface area contributed by atoms with Crippen molar-refractivity contribution >= 4 is 28.8 Å². The van der Waals surface area contributed by atoms with E-state index in [1.807, 2.05) is 18.2 Å². The molecule has 2 aromatic carbocycles. The zero-order chi connectivity index (χ0) is 23.4. The average molecular weight is 458 g/mol. The minimum absolute atomic E-state index is 0.102. The van der Waals surface area contributed by atoms with Gasteiger partial charge in [-0.05, 0) is 42.0 Å². The van der Waals surface area contributed by atoms with E-state index in [0.717, 1.165) is 11.1 Å². The van der Waals surface area contributed by atoms with Crippen LogP contribution in [0.2, 0.25) is 0 Å². The van der Waals surface area contributed by atoms with Gasteiger partial charge in [-0.15, -0.1) is 0 Å². The van der Waals surface area contributed by atoms with Crippen molar-refractivity contribution in [3.8, 4) is 17.1 Å². The standard InChI is InChI=1S/C23H18N6O5/c1-33-15-4-2-13-9-29(20(30)16(13)8-15)10-23(21(31)26-22(32)27-23)18-7-14-6-12(3-5-17(14)34-18)19-24-11-25-28-19/h2-8,11H,9-10H2,1H3,(H,24,25,28)(H2,26,27,31,32)/t23-/m0/s1. The highest BCUT2D eigenvalue weighted by molar-refractivity contribution is 6.08. The monoisotopic (exact) mass is 458 g/mol. The van der Waals surface area contributed by atoms with E-state index in [1.165, 1.54) is 18.3 Å². The topological polar surface area (TPSA) is 142 Å². The van der Waals surface area contributed by atoms with Crippen LogP contribution in [0.5, 0.6) is 5.75 Å². The van der Waals surface area contributed by atoms with Crippen LogP contribution in [0.1, 0.15) is 21.7 Å². The van der Waals surface area contributed by atoms with Crippen LogP contribution >= 0.6 is 0 Å². The minimum atomic E-state index is -1.58. The number of imide groups is 1. The van der Waals surface area contributed by atoms with Gasteiger partial charge in [0.25, 0.3) is 11.8 Å². The Labute approximate surface area is 192 Å². The smallest absolute Gasteiger partial charge is 0.322 e. The van der Waals surface area contributed by atoms with Gasteiger partial charge in [0.05, 0.1) is 13.7 Å². The number of hydrogen-bond acceptors (Lipinski definition) is 7. The van der Waals surface area contributed by atoms with Crippen LogP contribution in [0.25, 0.3) is 22.4 Å². The number of aromatic amines is 1. The van der Waals surface area contributed by atoms with Crippen LogP contribution in [0.15, 0.2) is 53.2 Å². The van der Waals surface area contributed by atoms with Crippen LogP contribution in [0.4, 0.5) is 4.79 Å². The summed E-state index contributed by atoms with van der Waals surface area (Å²) in [4.78, 5) is 44.1. The molecule has 0 saturated carbocycles. The Morgan fingerprint density at radius 3 is 2.76 bits per heavy atom. The maximum atomic E-state index is 13.1. The molecule has 11 nitrogen and oxygen atoms in total. The van der Waals surface area contributed by atoms with Crippen molar-refractivity contribution < 1.29 is 23.5 Å². The predicted molar refractivity (Wildman–Crippen MR) is 118 cm³/mol. The first-order valence-corrected chi connectivity index (χ1v) is 10.5. The van der Waals surface area contributed by atoms with Gasteiger partial charge in [-0.1, -0.05) is 6.07 Å². The number of furan rings is 1. The maximum absolute atomic E-state index is 13.1. The first-order chi connectivity index (χ1) is 16.5. The molecule has 1 fully saturated rings. The molecule has 2 aromatic heterocycles. The number of aromatic nitrogens is 3. The Morgan fingerprint density at radius 1 is 1.15 bits per heavy atom. The summed E-state index contributed by atoms with van der Waals surface area (Å²) in [5.74, 6) is 0.527. The molecular weight excluding hydrogens is 440 g/mol. The molecule has 0 radical (unpaired) electrons. The lowest BCUT2D eigenvalue weighted by Crippen LogP contribution is -2.52. The molecule has 2 aliphatic rings. The van der Waals surface area contributed by atoms with Gasteiger partial charge in [0.2, 0.25) is 0 Å². The van der Waals surface area contributed by atoms with Crippen LogP contribution in [0.3, 0.4) is 0 Å². The number of nitrogens with zero attached hydrogens (tertiary/aromatic N) is 3. The van der Waals surface area contributed by atoms with Crippen molar-refractivity contribution in [2.45, 2.75) is 12.1 Å². The second kappa shape index (κ2) is 7.17. The Kier molecular flexibility index (Phi) is 4.21. The Balaban J connectivity index is 1.39. The van der Waals surface area contributed by atoms with Crippen molar-refractivity contribution in [3.63, 3.8) is 0 Å². The van der Waals surface area contributed by atoms with Gasteiger partial charge in [-0.3, -0.25) is 20.0 Å². The second-order valence-corrected chi connectivity index (χ2v) is 8.20. The van der Waals surface area contributed by atoms with E-state index in [2.05, 4.69) is 25.8 Å². The number of urea groups is 1. The summed E-state index contributed by atoms with van der Waals surface area (Å²) < 4.78 is 11.3. The summed E-state index contributed by atoms with van der Waals surface area (Å²) in [5.41, 5.74) is 1.04. The molecule has 1 atom stereocenters. The van der Waals surface area contributed by atoms with Crippen molar-refractivity contribution in [2.24, 2.45) is 0 Å². The van der Waals surface area contributed by atoms with E-state index in [0.29, 0.717) is 34.7 Å². The van der Waals surface area contributed by atoms with Gasteiger partial charge in [-0.2, -0.15) is 5.10 Å². The number of amides is 4. The van der Waals surface area contributed by atoms with E-state index in [-0.39, 0.29) is 18.2 Å². The molecule has 0 spiro atoms. The second-order valence-electron chi connectivity index (χ2n) is 8.20. The molecule has 0 aliphatic carbocycles. The quantitative estimate of drug-likeness (QED) is 0.388. The molecule has 6 rings (SSSR count). The van der Waals surface area contributed by atoms with Crippen LogP contribution in [0, 0.1) is 0 Å². The largest absolute Gasteiger partial charge is 0.497 e. The summed E-state index contributed by atoms with van der Waals surface area (Å²) in [5, 5.41) is 12.3. The van der Waals surface area contributed by atoms with Crippen LogP contribution < -0.4 is 15.4 Å². The number of rotatable bonds is 5. The maximum Gasteiger partial charge on any atom is 0.322 e. The highest BCUT2D eigenvalue weighted by atomic mass is 16.5. The van der Waals surface area contributed by atoms with Gasteiger partial charge >= 0.3 is 6.03 Å². The molecule has 3 N–H and O–H groups in total. The van der Waals surface area contributed by atoms with Gasteiger partial charge in [0, 0.05) is 23.1 Å². The zero-order valence-electron chi connectivity index (χ0n) is 17.9. The Morgan fingerprint density at radius 2 is 2.03 bits per heavy atom. The number of benzene rings is 2. The van der Waals surface area contributed by atoms with Crippen molar-refractivity contribution in [1.29, 1.82) is 0 Å². The number of methoxy groups -OCH3 is 1. The summed E-state index contributed by atoms with van der Waals surface area (Å²) in [6.07, 6.45) is 1.41. The SMILES string of the molecule is COc1ccc2c(c1)C(=O)N(C[C@@]1(c3cc4cc(-c5ncn[nH]5)ccc4o3)NC(=O)NC1=O)C2. The first kappa shape index (κ1) is 20.0. The van der Waals surface area contributed by atoms with Crippen LogP contribution in [-0.2, 0) is 16.9 Å². The molecule has 1 saturated heterocycles. The summed E-state index contributed by atoms with van der Waals surface area (Å²) in [6, 6.07) is 11.7. The van der Waals surface area contributed by atoms with E-state index >= 15 is 0 Å². The third kappa shape index (κ3) is 2.94. The number of ether oxygens (including phenoxy) is 1. The zero-order valence-corrected chi connectivity index (χ0v) is 17.9. The number of carbonyl (C=O) groups is 3. The summed E-state index contributed by atoms with van der Waals surface area (Å²) in [7, 11) is 1.53. The summed E-state index contributed by atoms with van der Waals surface area (Å²) >= 11 is 0. The number of hydrogen-bond donors (Lipinski definition) is 3. The van der Waals surface area contributed by atoms with Crippen LogP contribution in [-0.4, -0.2) is 51.6 Å². The van der Waals surface area contributed by atoms with Crippen molar-refractivity contribution in [2.75, 3.05) is 13.7 Å². The Bertz CT molecular complexity index is 1480. The van der Waals surface area contributed by atoms with E-state index < -0.39 is 17.5 Å². The third-order valence-electron chi connectivity index (χ3n) is 6.19. The van der Waals surface area contributed by atoms with Crippen molar-refractivity contribution in [1.82, 2.24) is 30.7 Å². The molecule has 34 heavy (non-hydrogen) atoms. The minimum Gasteiger partial charge on any atom is -0.497 e. The third-order valence-corrected chi connectivity index (χ3v) is 6.19. The molecule has 4 heterocycles. The van der Waals surface area contributed by atoms with Gasteiger partial charge in [0.15, 0.2) is 11.4 Å². The normalized spacial score (nSPS) is 19.4. The van der Waals surface area contributed by atoms with Crippen molar-refractivity contribution in [3.05, 3.63) is 65.7 Å². The average Bonchev–Trinajstić information content (AvgIpc) is 3.61. The van der Waals surface area contributed by atoms with E-state index in [1.54, 1.807) is 24.3 Å². The first-order valence-electron chi connectivity index (χ1n) is 10.5. The fourth-order valence-corrected chi connectivity index (χ4v) is 4.48. The number of nitrogens with one attached hydrogen (secondary N) is 3. The lowest BCUT2D eigenvalue weighted by atomic mass is 9.95. The molecule has 0 unspecified atom stereocenters. The number of H-pyrrole nitrogens is 1. The highest BCUT2D eigenvalue weighted by Gasteiger charge is 2.53. The molecular formula is C23H18N6O5. The van der Waals surface area contributed by atoms with E-state index in [4.69, 9.17) is 9.15 Å². The summed E-state index contributed by atoms with van der Waals surface area (Å²) in [6.45, 7) is 0.189. The fraction of sp³-hybridized carbons (Fsp3) is 0.174. The molecule has 4 aromatic rings. The number of carbonyl (C=O) groups excluding carboxylic acids is 3.